The van der Waals surface area contributed by atoms with Gasteiger partial charge in [0.2, 0.25) is 0 Å². The number of aromatic nitrogens is 5. The van der Waals surface area contributed by atoms with Crippen molar-refractivity contribution in [1.82, 2.24) is 35.0 Å². The van der Waals surface area contributed by atoms with E-state index in [2.05, 4.69) is 56.3 Å². The van der Waals surface area contributed by atoms with Crippen molar-refractivity contribution < 1.29 is 4.74 Å². The SMILES string of the molecule is Cc1cc(C)c2cc(CN(CCN3CCOCC3)Cc3nnnn3C3CCCC3)c(=O)[nH]c2c1. The Bertz CT molecular complexity index is 1180. The van der Waals surface area contributed by atoms with Crippen LogP contribution in [0.2, 0.25) is 0 Å². The number of rotatable bonds is 8. The number of aryl methyl sites for hydroxylation is 2. The molecule has 0 radical (unpaired) electrons. The molecule has 9 heteroatoms. The van der Waals surface area contributed by atoms with Crippen LogP contribution < -0.4 is 5.56 Å². The fourth-order valence-corrected chi connectivity index (χ4v) is 5.34. The largest absolute Gasteiger partial charge is 0.379 e. The molecular weight excluding hydrogens is 430 g/mol. The third kappa shape index (κ3) is 5.21. The lowest BCUT2D eigenvalue weighted by Gasteiger charge is -2.30. The molecule has 5 rings (SSSR count). The highest BCUT2D eigenvalue weighted by Crippen LogP contribution is 2.29. The van der Waals surface area contributed by atoms with Gasteiger partial charge in [-0.15, -0.1) is 5.10 Å². The maximum atomic E-state index is 13.0. The Morgan fingerprint density at radius 3 is 2.71 bits per heavy atom. The molecule has 2 aliphatic rings. The van der Waals surface area contributed by atoms with Gasteiger partial charge in [0, 0.05) is 49.2 Å². The molecule has 2 aromatic heterocycles. The van der Waals surface area contributed by atoms with E-state index in [1.165, 1.54) is 18.4 Å². The maximum Gasteiger partial charge on any atom is 0.252 e. The molecule has 0 unspecified atom stereocenters. The van der Waals surface area contributed by atoms with Crippen LogP contribution in [0.15, 0.2) is 23.0 Å². The number of benzene rings is 1. The molecular formula is C25H35N7O2. The summed E-state index contributed by atoms with van der Waals surface area (Å²) in [5.74, 6) is 0.887. The second kappa shape index (κ2) is 10.3. The summed E-state index contributed by atoms with van der Waals surface area (Å²) >= 11 is 0. The number of tetrazole rings is 1. The topological polar surface area (TPSA) is 92.2 Å². The number of aromatic amines is 1. The van der Waals surface area contributed by atoms with Gasteiger partial charge in [0.15, 0.2) is 5.82 Å². The minimum absolute atomic E-state index is 0.0238. The monoisotopic (exact) mass is 465 g/mol. The number of hydrogen-bond acceptors (Lipinski definition) is 7. The summed E-state index contributed by atoms with van der Waals surface area (Å²) in [6.07, 6.45) is 4.73. The zero-order chi connectivity index (χ0) is 23.5. The minimum atomic E-state index is -0.0238. The van der Waals surface area contributed by atoms with Crippen LogP contribution in [0.25, 0.3) is 10.9 Å². The van der Waals surface area contributed by atoms with E-state index < -0.39 is 0 Å². The highest BCUT2D eigenvalue weighted by Gasteiger charge is 2.23. The average molecular weight is 466 g/mol. The van der Waals surface area contributed by atoms with Crippen LogP contribution in [0.1, 0.15) is 54.2 Å². The second-order valence-electron chi connectivity index (χ2n) is 9.81. The molecule has 2 fully saturated rings. The van der Waals surface area contributed by atoms with E-state index in [-0.39, 0.29) is 5.56 Å². The first kappa shape index (κ1) is 23.1. The van der Waals surface area contributed by atoms with Crippen LogP contribution >= 0.6 is 0 Å². The molecule has 1 saturated carbocycles. The standard InChI is InChI=1S/C25H35N7O2/c1-18-13-19(2)22-15-20(25(33)26-23(22)14-18)16-31(8-7-30-9-11-34-12-10-30)17-24-27-28-29-32(24)21-5-3-4-6-21/h13-15,21H,3-12,16-17H2,1-2H3,(H,26,33). The van der Waals surface area contributed by atoms with E-state index in [4.69, 9.17) is 4.74 Å². The van der Waals surface area contributed by atoms with E-state index in [0.29, 0.717) is 19.1 Å². The first-order valence-corrected chi connectivity index (χ1v) is 12.5. The molecule has 1 aliphatic carbocycles. The molecule has 0 amide bonds. The summed E-state index contributed by atoms with van der Waals surface area (Å²) in [6, 6.07) is 6.65. The van der Waals surface area contributed by atoms with Gasteiger partial charge in [0.25, 0.3) is 5.56 Å². The molecule has 182 valence electrons. The molecule has 1 N–H and O–H groups in total. The smallest absolute Gasteiger partial charge is 0.252 e. The van der Waals surface area contributed by atoms with E-state index in [9.17, 15) is 4.79 Å². The third-order valence-corrected chi connectivity index (χ3v) is 7.22. The zero-order valence-corrected chi connectivity index (χ0v) is 20.3. The number of morpholine rings is 1. The molecule has 1 aliphatic heterocycles. The Hall–Kier alpha value is -2.62. The van der Waals surface area contributed by atoms with Gasteiger partial charge < -0.3 is 9.72 Å². The van der Waals surface area contributed by atoms with Crippen LogP contribution in [0, 0.1) is 13.8 Å². The van der Waals surface area contributed by atoms with Crippen molar-refractivity contribution in [3.8, 4) is 0 Å². The molecule has 0 atom stereocenters. The van der Waals surface area contributed by atoms with Crippen molar-refractivity contribution >= 4 is 10.9 Å². The Balaban J connectivity index is 1.39. The summed E-state index contributed by atoms with van der Waals surface area (Å²) in [7, 11) is 0. The van der Waals surface area contributed by atoms with Gasteiger partial charge in [-0.1, -0.05) is 18.9 Å². The fraction of sp³-hybridized carbons (Fsp3) is 0.600. The van der Waals surface area contributed by atoms with Crippen molar-refractivity contribution in [2.45, 2.75) is 58.7 Å². The molecule has 0 spiro atoms. The molecule has 1 aromatic carbocycles. The Morgan fingerprint density at radius 1 is 1.12 bits per heavy atom. The molecule has 3 heterocycles. The number of ether oxygens (including phenoxy) is 1. The Kier molecular flexibility index (Phi) is 7.03. The van der Waals surface area contributed by atoms with Crippen LogP contribution in [0.4, 0.5) is 0 Å². The van der Waals surface area contributed by atoms with E-state index >= 15 is 0 Å². The van der Waals surface area contributed by atoms with Gasteiger partial charge in [-0.3, -0.25) is 14.6 Å². The van der Waals surface area contributed by atoms with E-state index in [1.54, 1.807) is 0 Å². The molecule has 1 saturated heterocycles. The molecule has 34 heavy (non-hydrogen) atoms. The summed E-state index contributed by atoms with van der Waals surface area (Å²) in [5.41, 5.74) is 3.98. The highest BCUT2D eigenvalue weighted by molar-refractivity contribution is 5.83. The van der Waals surface area contributed by atoms with Crippen molar-refractivity contribution in [2.24, 2.45) is 0 Å². The van der Waals surface area contributed by atoms with Crippen LogP contribution in [-0.2, 0) is 17.8 Å². The van der Waals surface area contributed by atoms with Crippen LogP contribution in [-0.4, -0.2) is 74.4 Å². The first-order valence-electron chi connectivity index (χ1n) is 12.5. The number of nitrogens with zero attached hydrogens (tertiary/aromatic N) is 6. The molecule has 0 bridgehead atoms. The highest BCUT2D eigenvalue weighted by atomic mass is 16.5. The normalized spacial score (nSPS) is 17.9. The number of pyridine rings is 1. The van der Waals surface area contributed by atoms with E-state index in [1.807, 2.05) is 10.7 Å². The van der Waals surface area contributed by atoms with E-state index in [0.717, 1.165) is 80.1 Å². The summed E-state index contributed by atoms with van der Waals surface area (Å²) < 4.78 is 7.53. The van der Waals surface area contributed by atoms with Gasteiger partial charge in [0.1, 0.15) is 0 Å². The van der Waals surface area contributed by atoms with Crippen molar-refractivity contribution in [2.75, 3.05) is 39.4 Å². The van der Waals surface area contributed by atoms with Gasteiger partial charge in [-0.05, 0) is 60.4 Å². The number of hydrogen-bond donors (Lipinski definition) is 1. The predicted molar refractivity (Wildman–Crippen MR) is 131 cm³/mol. The average Bonchev–Trinajstić information content (AvgIpc) is 3.51. The van der Waals surface area contributed by atoms with Crippen molar-refractivity contribution in [3.05, 3.63) is 51.1 Å². The summed E-state index contributed by atoms with van der Waals surface area (Å²) in [5, 5.41) is 13.8. The van der Waals surface area contributed by atoms with Crippen LogP contribution in [0.3, 0.4) is 0 Å². The van der Waals surface area contributed by atoms with Crippen LogP contribution in [0.5, 0.6) is 0 Å². The predicted octanol–water partition coefficient (Wildman–Crippen LogP) is 2.58. The molecule has 3 aromatic rings. The van der Waals surface area contributed by atoms with Crippen molar-refractivity contribution in [3.63, 3.8) is 0 Å². The Labute approximate surface area is 200 Å². The zero-order valence-electron chi connectivity index (χ0n) is 20.3. The molecule has 9 nitrogen and oxygen atoms in total. The van der Waals surface area contributed by atoms with Gasteiger partial charge >= 0.3 is 0 Å². The summed E-state index contributed by atoms with van der Waals surface area (Å²) in [4.78, 5) is 20.9. The van der Waals surface area contributed by atoms with Crippen molar-refractivity contribution in [1.29, 1.82) is 0 Å². The van der Waals surface area contributed by atoms with Gasteiger partial charge in [-0.25, -0.2) is 4.68 Å². The lowest BCUT2D eigenvalue weighted by molar-refractivity contribution is 0.0322. The lowest BCUT2D eigenvalue weighted by atomic mass is 10.0. The lowest BCUT2D eigenvalue weighted by Crippen LogP contribution is -2.41. The minimum Gasteiger partial charge on any atom is -0.379 e. The number of fused-ring (bicyclic) bond motifs is 1. The number of H-pyrrole nitrogens is 1. The first-order chi connectivity index (χ1) is 16.6. The third-order valence-electron chi connectivity index (χ3n) is 7.22. The second-order valence-corrected chi connectivity index (χ2v) is 9.81. The fourth-order valence-electron chi connectivity index (χ4n) is 5.34. The van der Waals surface area contributed by atoms with Gasteiger partial charge in [-0.2, -0.15) is 0 Å². The quantitative estimate of drug-likeness (QED) is 0.547. The maximum absolute atomic E-state index is 13.0. The van der Waals surface area contributed by atoms with Gasteiger partial charge in [0.05, 0.1) is 25.8 Å². The number of nitrogens with one attached hydrogen (secondary N) is 1. The summed E-state index contributed by atoms with van der Waals surface area (Å²) in [6.45, 7) is 10.6. The Morgan fingerprint density at radius 2 is 1.91 bits per heavy atom.